The van der Waals surface area contributed by atoms with E-state index in [4.69, 9.17) is 25.8 Å². The molecule has 0 aliphatic carbocycles. The zero-order chi connectivity index (χ0) is 22.7. The van der Waals surface area contributed by atoms with Gasteiger partial charge in [-0.15, -0.1) is 0 Å². The topological polar surface area (TPSA) is 103 Å². The molecule has 1 aliphatic heterocycles. The molecule has 0 bridgehead atoms. The van der Waals surface area contributed by atoms with E-state index in [0.29, 0.717) is 41.2 Å². The fourth-order valence-corrected chi connectivity index (χ4v) is 4.37. The molecule has 4 rings (SSSR count). The lowest BCUT2D eigenvalue weighted by atomic mass is 10.2. The summed E-state index contributed by atoms with van der Waals surface area (Å²) in [5.74, 6) is 0.972. The quantitative estimate of drug-likeness (QED) is 0.555. The number of nitrogens with one attached hydrogen (secondary N) is 2. The third-order valence-electron chi connectivity index (χ3n) is 4.61. The number of benzene rings is 3. The molecule has 0 radical (unpaired) electrons. The highest BCUT2D eigenvalue weighted by Gasteiger charge is 2.19. The molecule has 1 aliphatic rings. The van der Waals surface area contributed by atoms with Crippen LogP contribution >= 0.6 is 11.6 Å². The molecule has 2 N–H and O–H groups in total. The van der Waals surface area contributed by atoms with E-state index in [1.165, 1.54) is 37.4 Å². The molecule has 0 atom stereocenters. The largest absolute Gasteiger partial charge is 0.495 e. The Morgan fingerprint density at radius 2 is 1.78 bits per heavy atom. The maximum absolute atomic E-state index is 12.9. The van der Waals surface area contributed by atoms with Gasteiger partial charge in [0.1, 0.15) is 19.0 Å². The molecule has 0 aromatic heterocycles. The van der Waals surface area contributed by atoms with Crippen LogP contribution in [0.4, 0.5) is 11.4 Å². The second-order valence-corrected chi connectivity index (χ2v) is 8.91. The van der Waals surface area contributed by atoms with Gasteiger partial charge in [0.05, 0.1) is 17.7 Å². The number of rotatable bonds is 6. The molecule has 8 nitrogen and oxygen atoms in total. The van der Waals surface area contributed by atoms with E-state index < -0.39 is 15.9 Å². The van der Waals surface area contributed by atoms with Crippen LogP contribution in [-0.4, -0.2) is 34.6 Å². The molecular weight excluding hydrogens is 456 g/mol. The molecule has 166 valence electrons. The van der Waals surface area contributed by atoms with E-state index in [0.717, 1.165) is 0 Å². The number of carbonyl (C=O) groups is 1. The van der Waals surface area contributed by atoms with E-state index in [1.54, 1.807) is 30.3 Å². The zero-order valence-corrected chi connectivity index (χ0v) is 18.5. The van der Waals surface area contributed by atoms with Gasteiger partial charge in [0.2, 0.25) is 0 Å². The normalized spacial score (nSPS) is 12.7. The van der Waals surface area contributed by atoms with Crippen LogP contribution < -0.4 is 24.2 Å². The van der Waals surface area contributed by atoms with Crippen molar-refractivity contribution < 1.29 is 27.4 Å². The number of hydrogen-bond donors (Lipinski definition) is 2. The Kier molecular flexibility index (Phi) is 6.11. The van der Waals surface area contributed by atoms with Crippen molar-refractivity contribution in [1.82, 2.24) is 0 Å². The molecule has 3 aromatic rings. The third-order valence-corrected chi connectivity index (χ3v) is 6.21. The van der Waals surface area contributed by atoms with Crippen molar-refractivity contribution in [3.63, 3.8) is 0 Å². The van der Waals surface area contributed by atoms with Crippen molar-refractivity contribution in [3.05, 3.63) is 71.2 Å². The first kappa shape index (κ1) is 21.8. The van der Waals surface area contributed by atoms with E-state index in [9.17, 15) is 13.2 Å². The number of fused-ring (bicyclic) bond motifs is 1. The molecule has 1 heterocycles. The predicted octanol–water partition coefficient (Wildman–Crippen LogP) is 4.17. The molecule has 3 aromatic carbocycles. The Labute approximate surface area is 190 Å². The van der Waals surface area contributed by atoms with Crippen molar-refractivity contribution in [1.29, 1.82) is 0 Å². The van der Waals surface area contributed by atoms with E-state index in [-0.39, 0.29) is 16.1 Å². The summed E-state index contributed by atoms with van der Waals surface area (Å²) in [6.07, 6.45) is 0. The number of halogens is 1. The number of carbonyl (C=O) groups excluding carboxylic acids is 1. The van der Waals surface area contributed by atoms with E-state index >= 15 is 0 Å². The fraction of sp³-hybridized carbons (Fsp3) is 0.136. The van der Waals surface area contributed by atoms with Gasteiger partial charge < -0.3 is 19.5 Å². The minimum atomic E-state index is -4.01. The van der Waals surface area contributed by atoms with E-state index in [1.807, 2.05) is 0 Å². The maximum Gasteiger partial charge on any atom is 0.262 e. The molecule has 0 unspecified atom stereocenters. The summed E-state index contributed by atoms with van der Waals surface area (Å²) in [4.78, 5) is 12.6. The predicted molar refractivity (Wildman–Crippen MR) is 121 cm³/mol. The minimum Gasteiger partial charge on any atom is -0.495 e. The van der Waals surface area contributed by atoms with Gasteiger partial charge in [0.25, 0.3) is 15.9 Å². The van der Waals surface area contributed by atoms with Gasteiger partial charge in [-0.3, -0.25) is 9.52 Å². The Morgan fingerprint density at radius 1 is 1.00 bits per heavy atom. The summed E-state index contributed by atoms with van der Waals surface area (Å²) >= 11 is 5.98. The highest BCUT2D eigenvalue weighted by Crippen LogP contribution is 2.33. The first-order chi connectivity index (χ1) is 15.4. The highest BCUT2D eigenvalue weighted by atomic mass is 35.5. The summed E-state index contributed by atoms with van der Waals surface area (Å²) in [5.41, 5.74) is 0.848. The number of anilines is 2. The van der Waals surface area contributed by atoms with Gasteiger partial charge in [-0.25, -0.2) is 8.42 Å². The van der Waals surface area contributed by atoms with Gasteiger partial charge in [-0.1, -0.05) is 17.7 Å². The van der Waals surface area contributed by atoms with Gasteiger partial charge in [0, 0.05) is 22.3 Å². The van der Waals surface area contributed by atoms with Crippen LogP contribution in [0.3, 0.4) is 0 Å². The SMILES string of the molecule is COc1ccc(Cl)cc1NS(=O)(=O)c1cccc(C(=O)Nc2ccc3c(c2)OCCO3)c1. The smallest absolute Gasteiger partial charge is 0.262 e. The highest BCUT2D eigenvalue weighted by molar-refractivity contribution is 7.92. The van der Waals surface area contributed by atoms with Crippen molar-refractivity contribution in [3.8, 4) is 17.2 Å². The monoisotopic (exact) mass is 474 g/mol. The second-order valence-electron chi connectivity index (χ2n) is 6.79. The fourth-order valence-electron chi connectivity index (χ4n) is 3.09. The average Bonchev–Trinajstić information content (AvgIpc) is 2.79. The Hall–Kier alpha value is -3.43. The summed E-state index contributed by atoms with van der Waals surface area (Å²) in [6.45, 7) is 0.893. The van der Waals surface area contributed by atoms with Crippen molar-refractivity contribution in [2.24, 2.45) is 0 Å². The molecule has 0 saturated carbocycles. The number of sulfonamides is 1. The molecule has 0 fully saturated rings. The van der Waals surface area contributed by atoms with Crippen molar-refractivity contribution in [2.75, 3.05) is 30.4 Å². The van der Waals surface area contributed by atoms with Crippen LogP contribution in [0.2, 0.25) is 5.02 Å². The van der Waals surface area contributed by atoms with Crippen LogP contribution in [0, 0.1) is 0 Å². The molecular formula is C22H19ClN2O6S. The number of ether oxygens (including phenoxy) is 3. The second kappa shape index (κ2) is 8.97. The molecule has 0 spiro atoms. The molecule has 0 saturated heterocycles. The standard InChI is InChI=1S/C22H19ClN2O6S/c1-29-19-7-5-15(23)12-18(19)25-32(27,28)17-4-2-3-14(11-17)22(26)24-16-6-8-20-21(13-16)31-10-9-30-20/h2-8,11-13,25H,9-10H2,1H3,(H,24,26). The van der Waals surface area contributed by atoms with Crippen LogP contribution in [-0.2, 0) is 10.0 Å². The Bertz CT molecular complexity index is 1280. The summed E-state index contributed by atoms with van der Waals surface area (Å²) in [6, 6.07) is 15.3. The lowest BCUT2D eigenvalue weighted by molar-refractivity contribution is 0.102. The first-order valence-corrected chi connectivity index (χ1v) is 11.4. The minimum absolute atomic E-state index is 0.0886. The lowest BCUT2D eigenvalue weighted by Crippen LogP contribution is -2.17. The number of methoxy groups -OCH3 is 1. The first-order valence-electron chi connectivity index (χ1n) is 9.53. The third kappa shape index (κ3) is 4.74. The maximum atomic E-state index is 12.9. The van der Waals surface area contributed by atoms with Crippen LogP contribution in [0.1, 0.15) is 10.4 Å². The van der Waals surface area contributed by atoms with Crippen LogP contribution in [0.5, 0.6) is 17.2 Å². The van der Waals surface area contributed by atoms with E-state index in [2.05, 4.69) is 10.0 Å². The Morgan fingerprint density at radius 3 is 2.56 bits per heavy atom. The number of amides is 1. The summed E-state index contributed by atoms with van der Waals surface area (Å²) in [5, 5.41) is 3.08. The zero-order valence-electron chi connectivity index (χ0n) is 16.9. The molecule has 32 heavy (non-hydrogen) atoms. The molecule has 1 amide bonds. The average molecular weight is 475 g/mol. The van der Waals surface area contributed by atoms with Crippen molar-refractivity contribution >= 4 is 38.9 Å². The summed E-state index contributed by atoms with van der Waals surface area (Å²) < 4.78 is 44.4. The Balaban J connectivity index is 1.55. The lowest BCUT2D eigenvalue weighted by Gasteiger charge is -2.19. The van der Waals surface area contributed by atoms with Gasteiger partial charge in [0.15, 0.2) is 11.5 Å². The summed E-state index contributed by atoms with van der Waals surface area (Å²) in [7, 11) is -2.59. The molecule has 10 heteroatoms. The number of hydrogen-bond acceptors (Lipinski definition) is 6. The van der Waals surface area contributed by atoms with Crippen LogP contribution in [0.15, 0.2) is 65.6 Å². The van der Waals surface area contributed by atoms with Gasteiger partial charge >= 0.3 is 0 Å². The van der Waals surface area contributed by atoms with Crippen LogP contribution in [0.25, 0.3) is 0 Å². The van der Waals surface area contributed by atoms with Crippen molar-refractivity contribution in [2.45, 2.75) is 4.90 Å². The van der Waals surface area contributed by atoms with Gasteiger partial charge in [-0.05, 0) is 48.5 Å². The van der Waals surface area contributed by atoms with Gasteiger partial charge in [-0.2, -0.15) is 0 Å².